The third-order valence-corrected chi connectivity index (χ3v) is 3.20. The highest BCUT2D eigenvalue weighted by Crippen LogP contribution is 2.31. The van der Waals surface area contributed by atoms with Crippen molar-refractivity contribution in [2.24, 2.45) is 0 Å². The zero-order valence-electron chi connectivity index (χ0n) is 9.73. The summed E-state index contributed by atoms with van der Waals surface area (Å²) in [6, 6.07) is 11.8. The summed E-state index contributed by atoms with van der Waals surface area (Å²) in [5.41, 5.74) is 0.996. The third-order valence-electron chi connectivity index (χ3n) is 2.47. The van der Waals surface area contributed by atoms with Crippen LogP contribution >= 0.6 is 23.2 Å². The standard InChI is InChI=1S/C14H9Cl2NO2/c15-12-3-2-11(6-13(12)16)19-14-4-1-9(8-18)5-10(14)7-17/h1-6,18H,8H2. The van der Waals surface area contributed by atoms with E-state index in [4.69, 9.17) is 38.3 Å². The maximum Gasteiger partial charge on any atom is 0.145 e. The van der Waals surface area contributed by atoms with Crippen molar-refractivity contribution in [3.05, 3.63) is 57.6 Å². The Morgan fingerprint density at radius 3 is 2.53 bits per heavy atom. The normalized spacial score (nSPS) is 10.0. The second-order valence-electron chi connectivity index (χ2n) is 3.78. The molecule has 0 aliphatic carbocycles. The van der Waals surface area contributed by atoms with Gasteiger partial charge in [-0.15, -0.1) is 0 Å². The molecule has 2 rings (SSSR count). The van der Waals surface area contributed by atoms with Crippen LogP contribution in [0.15, 0.2) is 36.4 Å². The van der Waals surface area contributed by atoms with Crippen LogP contribution in [0.25, 0.3) is 0 Å². The molecular formula is C14H9Cl2NO2. The van der Waals surface area contributed by atoms with Crippen LogP contribution in [0.2, 0.25) is 10.0 Å². The molecule has 0 unspecified atom stereocenters. The van der Waals surface area contributed by atoms with Gasteiger partial charge in [0.05, 0.1) is 22.2 Å². The van der Waals surface area contributed by atoms with Gasteiger partial charge in [0.25, 0.3) is 0 Å². The first-order valence-corrected chi connectivity index (χ1v) is 6.16. The number of ether oxygens (including phenoxy) is 1. The summed E-state index contributed by atoms with van der Waals surface area (Å²) in [6.45, 7) is -0.123. The molecule has 2 aromatic rings. The number of hydrogen-bond acceptors (Lipinski definition) is 3. The van der Waals surface area contributed by atoms with Gasteiger partial charge in [0.15, 0.2) is 0 Å². The number of rotatable bonds is 3. The Bertz CT molecular complexity index is 650. The summed E-state index contributed by atoms with van der Waals surface area (Å²) in [4.78, 5) is 0. The van der Waals surface area contributed by atoms with Crippen LogP contribution in [0.5, 0.6) is 11.5 Å². The molecule has 0 spiro atoms. The first-order chi connectivity index (χ1) is 9.13. The minimum absolute atomic E-state index is 0.123. The van der Waals surface area contributed by atoms with E-state index in [2.05, 4.69) is 0 Å². The molecule has 0 saturated heterocycles. The lowest BCUT2D eigenvalue weighted by molar-refractivity contribution is 0.281. The van der Waals surface area contributed by atoms with Gasteiger partial charge in [-0.05, 0) is 29.8 Å². The highest BCUT2D eigenvalue weighted by atomic mass is 35.5. The molecule has 0 heterocycles. The minimum Gasteiger partial charge on any atom is -0.456 e. The van der Waals surface area contributed by atoms with Crippen molar-refractivity contribution in [2.75, 3.05) is 0 Å². The smallest absolute Gasteiger partial charge is 0.145 e. The van der Waals surface area contributed by atoms with E-state index < -0.39 is 0 Å². The number of aliphatic hydroxyl groups excluding tert-OH is 1. The van der Waals surface area contributed by atoms with Gasteiger partial charge in [0, 0.05) is 6.07 Å². The molecule has 2 aromatic carbocycles. The molecule has 0 amide bonds. The molecule has 0 radical (unpaired) electrons. The van der Waals surface area contributed by atoms with Crippen LogP contribution in [0.3, 0.4) is 0 Å². The van der Waals surface area contributed by atoms with E-state index in [1.54, 1.807) is 36.4 Å². The van der Waals surface area contributed by atoms with Crippen LogP contribution in [0.4, 0.5) is 0 Å². The molecular weight excluding hydrogens is 285 g/mol. The Balaban J connectivity index is 2.33. The molecule has 0 aromatic heterocycles. The highest BCUT2D eigenvalue weighted by molar-refractivity contribution is 6.42. The van der Waals surface area contributed by atoms with Crippen LogP contribution in [0.1, 0.15) is 11.1 Å². The molecule has 0 aliphatic rings. The van der Waals surface area contributed by atoms with Crippen molar-refractivity contribution in [2.45, 2.75) is 6.61 Å². The molecule has 5 heteroatoms. The predicted octanol–water partition coefficient (Wildman–Crippen LogP) is 4.15. The third kappa shape index (κ3) is 3.18. The first kappa shape index (κ1) is 13.7. The van der Waals surface area contributed by atoms with E-state index in [0.717, 1.165) is 0 Å². The monoisotopic (exact) mass is 293 g/mol. The number of halogens is 2. The van der Waals surface area contributed by atoms with E-state index >= 15 is 0 Å². The molecule has 0 aliphatic heterocycles. The zero-order chi connectivity index (χ0) is 13.8. The lowest BCUT2D eigenvalue weighted by Crippen LogP contribution is -1.91. The van der Waals surface area contributed by atoms with Gasteiger partial charge in [0.1, 0.15) is 17.6 Å². The van der Waals surface area contributed by atoms with Gasteiger partial charge in [-0.2, -0.15) is 5.26 Å². The zero-order valence-corrected chi connectivity index (χ0v) is 11.2. The van der Waals surface area contributed by atoms with E-state index in [-0.39, 0.29) is 6.61 Å². The molecule has 0 bridgehead atoms. The fourth-order valence-electron chi connectivity index (χ4n) is 1.52. The highest BCUT2D eigenvalue weighted by Gasteiger charge is 2.07. The fraction of sp³-hybridized carbons (Fsp3) is 0.0714. The molecule has 0 saturated carbocycles. The van der Waals surface area contributed by atoms with Gasteiger partial charge in [-0.25, -0.2) is 0 Å². The Labute approximate surface area is 120 Å². The van der Waals surface area contributed by atoms with Crippen molar-refractivity contribution in [3.8, 4) is 17.6 Å². The minimum atomic E-state index is -0.123. The Morgan fingerprint density at radius 2 is 1.89 bits per heavy atom. The fourth-order valence-corrected chi connectivity index (χ4v) is 1.81. The van der Waals surface area contributed by atoms with Gasteiger partial charge < -0.3 is 9.84 Å². The van der Waals surface area contributed by atoms with E-state index in [0.29, 0.717) is 32.7 Å². The summed E-state index contributed by atoms with van der Waals surface area (Å²) < 4.78 is 5.59. The Kier molecular flexibility index (Phi) is 4.28. The van der Waals surface area contributed by atoms with Gasteiger partial charge in [-0.1, -0.05) is 29.3 Å². The van der Waals surface area contributed by atoms with Gasteiger partial charge in [-0.3, -0.25) is 0 Å². The van der Waals surface area contributed by atoms with Crippen molar-refractivity contribution in [1.29, 1.82) is 5.26 Å². The molecule has 3 nitrogen and oxygen atoms in total. The number of nitriles is 1. The largest absolute Gasteiger partial charge is 0.456 e. The maximum atomic E-state index is 9.06. The molecule has 96 valence electrons. The van der Waals surface area contributed by atoms with Crippen molar-refractivity contribution >= 4 is 23.2 Å². The summed E-state index contributed by atoms with van der Waals surface area (Å²) in [5.74, 6) is 0.890. The molecule has 1 N–H and O–H groups in total. The van der Waals surface area contributed by atoms with Crippen molar-refractivity contribution < 1.29 is 9.84 Å². The second-order valence-corrected chi connectivity index (χ2v) is 4.59. The SMILES string of the molecule is N#Cc1cc(CO)ccc1Oc1ccc(Cl)c(Cl)c1. The van der Waals surface area contributed by atoms with Gasteiger partial charge in [0.2, 0.25) is 0 Å². The van der Waals surface area contributed by atoms with Crippen LogP contribution < -0.4 is 4.74 Å². The number of benzene rings is 2. The average Bonchev–Trinajstić information content (AvgIpc) is 2.43. The number of aliphatic hydroxyl groups is 1. The summed E-state index contributed by atoms with van der Waals surface area (Å²) >= 11 is 11.7. The average molecular weight is 294 g/mol. The molecule has 0 atom stereocenters. The lowest BCUT2D eigenvalue weighted by atomic mass is 10.1. The van der Waals surface area contributed by atoms with Crippen molar-refractivity contribution in [1.82, 2.24) is 0 Å². The number of nitrogens with zero attached hydrogens (tertiary/aromatic N) is 1. The lowest BCUT2D eigenvalue weighted by Gasteiger charge is -2.09. The maximum absolute atomic E-state index is 9.06. The van der Waals surface area contributed by atoms with Crippen molar-refractivity contribution in [3.63, 3.8) is 0 Å². The topological polar surface area (TPSA) is 53.2 Å². The van der Waals surface area contributed by atoms with E-state index in [9.17, 15) is 0 Å². The van der Waals surface area contributed by atoms with Crippen LogP contribution in [-0.4, -0.2) is 5.11 Å². The van der Waals surface area contributed by atoms with E-state index in [1.807, 2.05) is 6.07 Å². The molecule has 19 heavy (non-hydrogen) atoms. The molecule has 0 fully saturated rings. The Morgan fingerprint density at radius 1 is 1.11 bits per heavy atom. The summed E-state index contributed by atoms with van der Waals surface area (Å²) in [6.07, 6.45) is 0. The van der Waals surface area contributed by atoms with Crippen LogP contribution in [-0.2, 0) is 6.61 Å². The van der Waals surface area contributed by atoms with E-state index in [1.165, 1.54) is 0 Å². The first-order valence-electron chi connectivity index (χ1n) is 5.41. The van der Waals surface area contributed by atoms with Crippen LogP contribution in [0, 0.1) is 11.3 Å². The summed E-state index contributed by atoms with van der Waals surface area (Å²) in [5, 5.41) is 18.9. The second kappa shape index (κ2) is 5.94. The number of hydrogen-bond donors (Lipinski definition) is 1. The quantitative estimate of drug-likeness (QED) is 0.925. The summed E-state index contributed by atoms with van der Waals surface area (Å²) in [7, 11) is 0. The predicted molar refractivity (Wildman–Crippen MR) is 73.6 cm³/mol. The van der Waals surface area contributed by atoms with Gasteiger partial charge >= 0.3 is 0 Å². The Hall–Kier alpha value is -1.73.